The molecule has 0 saturated carbocycles. The first-order valence-electron chi connectivity index (χ1n) is 6.02. The lowest BCUT2D eigenvalue weighted by Crippen LogP contribution is -2.17. The van der Waals surface area contributed by atoms with Gasteiger partial charge in [-0.3, -0.25) is 0 Å². The van der Waals surface area contributed by atoms with Crippen molar-refractivity contribution in [1.82, 2.24) is 20.1 Å². The van der Waals surface area contributed by atoms with Crippen molar-refractivity contribution in [3.05, 3.63) is 35.7 Å². The molecule has 0 aliphatic carbocycles. The monoisotopic (exact) mass is 239 g/mol. The van der Waals surface area contributed by atoms with Crippen LogP contribution in [-0.2, 0) is 13.0 Å². The van der Waals surface area contributed by atoms with E-state index in [0.717, 1.165) is 43.3 Å². The predicted octanol–water partition coefficient (Wildman–Crippen LogP) is 0.962. The molecular weight excluding hydrogens is 226 g/mol. The van der Waals surface area contributed by atoms with E-state index in [1.54, 1.807) is 6.07 Å². The summed E-state index contributed by atoms with van der Waals surface area (Å²) in [5.41, 5.74) is 1.60. The fourth-order valence-electron chi connectivity index (χ4n) is 2.21. The molecule has 0 atom stereocenters. The molecule has 5 heteroatoms. The summed E-state index contributed by atoms with van der Waals surface area (Å²) in [7, 11) is 0. The first kappa shape index (κ1) is 10.9. The molecule has 1 aromatic carbocycles. The van der Waals surface area contributed by atoms with Gasteiger partial charge in [-0.15, -0.1) is 10.2 Å². The predicted molar refractivity (Wildman–Crippen MR) is 66.7 cm³/mol. The maximum absolute atomic E-state index is 8.94. The summed E-state index contributed by atoms with van der Waals surface area (Å²) in [5.74, 6) is 1.86. The van der Waals surface area contributed by atoms with Crippen molar-refractivity contribution >= 4 is 0 Å². The summed E-state index contributed by atoms with van der Waals surface area (Å²) >= 11 is 0. The highest BCUT2D eigenvalue weighted by Crippen LogP contribution is 2.20. The van der Waals surface area contributed by atoms with Crippen LogP contribution in [0.1, 0.15) is 11.4 Å². The molecule has 0 amide bonds. The third-order valence-electron chi connectivity index (χ3n) is 3.11. The lowest BCUT2D eigenvalue weighted by molar-refractivity contribution is 0.647. The average Bonchev–Trinajstić information content (AvgIpc) is 2.68. The number of nitrogens with zero attached hydrogens (tertiary/aromatic N) is 4. The van der Waals surface area contributed by atoms with Gasteiger partial charge in [-0.25, -0.2) is 0 Å². The number of nitriles is 1. The summed E-state index contributed by atoms with van der Waals surface area (Å²) in [5, 5.41) is 20.8. The third-order valence-corrected chi connectivity index (χ3v) is 3.11. The molecule has 0 unspecified atom stereocenters. The highest BCUT2D eigenvalue weighted by molar-refractivity contribution is 5.58. The summed E-state index contributed by atoms with van der Waals surface area (Å²) in [4.78, 5) is 0. The molecule has 0 bridgehead atoms. The van der Waals surface area contributed by atoms with Crippen molar-refractivity contribution in [2.24, 2.45) is 0 Å². The highest BCUT2D eigenvalue weighted by atomic mass is 15.3. The van der Waals surface area contributed by atoms with E-state index in [4.69, 9.17) is 5.26 Å². The normalized spacial score (nSPS) is 14.6. The van der Waals surface area contributed by atoms with Gasteiger partial charge in [0.05, 0.1) is 11.6 Å². The molecule has 18 heavy (non-hydrogen) atoms. The Morgan fingerprint density at radius 2 is 2.22 bits per heavy atom. The van der Waals surface area contributed by atoms with E-state index >= 15 is 0 Å². The van der Waals surface area contributed by atoms with Crippen LogP contribution in [-0.4, -0.2) is 27.9 Å². The second kappa shape index (κ2) is 4.59. The van der Waals surface area contributed by atoms with Crippen molar-refractivity contribution in [3.63, 3.8) is 0 Å². The molecule has 0 spiro atoms. The van der Waals surface area contributed by atoms with Crippen LogP contribution in [0, 0.1) is 11.3 Å². The molecule has 0 fully saturated rings. The van der Waals surface area contributed by atoms with Crippen LogP contribution in [0.15, 0.2) is 24.3 Å². The van der Waals surface area contributed by atoms with Gasteiger partial charge in [-0.2, -0.15) is 5.26 Å². The van der Waals surface area contributed by atoms with Gasteiger partial charge in [-0.1, -0.05) is 12.1 Å². The van der Waals surface area contributed by atoms with E-state index < -0.39 is 0 Å². The summed E-state index contributed by atoms with van der Waals surface area (Å²) in [6, 6.07) is 9.65. The molecule has 0 saturated heterocycles. The Morgan fingerprint density at radius 3 is 3.11 bits per heavy atom. The van der Waals surface area contributed by atoms with Gasteiger partial charge in [0.15, 0.2) is 5.82 Å². The van der Waals surface area contributed by atoms with E-state index in [9.17, 15) is 0 Å². The Bertz CT molecular complexity index is 608. The van der Waals surface area contributed by atoms with Gasteiger partial charge >= 0.3 is 0 Å². The Hall–Kier alpha value is -2.19. The van der Waals surface area contributed by atoms with Gasteiger partial charge in [-0.05, 0) is 12.1 Å². The smallest absolute Gasteiger partial charge is 0.164 e. The molecule has 2 heterocycles. The second-order valence-corrected chi connectivity index (χ2v) is 4.28. The maximum atomic E-state index is 8.94. The van der Waals surface area contributed by atoms with Gasteiger partial charge < -0.3 is 9.88 Å². The second-order valence-electron chi connectivity index (χ2n) is 4.28. The molecule has 1 aliphatic heterocycles. The van der Waals surface area contributed by atoms with E-state index in [1.165, 1.54) is 0 Å². The fourth-order valence-corrected chi connectivity index (χ4v) is 2.21. The first-order valence-corrected chi connectivity index (χ1v) is 6.02. The molecular formula is C13H13N5. The largest absolute Gasteiger partial charge is 0.315 e. The first-order chi connectivity index (χ1) is 8.88. The molecule has 90 valence electrons. The number of nitrogens with one attached hydrogen (secondary N) is 1. The standard InChI is InChI=1S/C13H13N5/c14-9-10-2-1-3-11(8-10)13-17-16-12-4-5-15-6-7-18(12)13/h1-3,8,15H,4-7H2. The van der Waals surface area contributed by atoms with Crippen LogP contribution in [0.3, 0.4) is 0 Å². The zero-order chi connectivity index (χ0) is 12.4. The zero-order valence-corrected chi connectivity index (χ0v) is 9.93. The Labute approximate surface area is 105 Å². The molecule has 1 N–H and O–H groups in total. The number of rotatable bonds is 1. The zero-order valence-electron chi connectivity index (χ0n) is 9.93. The van der Waals surface area contributed by atoms with Gasteiger partial charge in [0.2, 0.25) is 0 Å². The quantitative estimate of drug-likeness (QED) is 0.805. The number of aromatic nitrogens is 3. The van der Waals surface area contributed by atoms with Crippen LogP contribution < -0.4 is 5.32 Å². The van der Waals surface area contributed by atoms with Crippen LogP contribution in [0.4, 0.5) is 0 Å². The topological polar surface area (TPSA) is 66.5 Å². The average molecular weight is 239 g/mol. The van der Waals surface area contributed by atoms with Crippen LogP contribution in [0.2, 0.25) is 0 Å². The van der Waals surface area contributed by atoms with Gasteiger partial charge in [0.25, 0.3) is 0 Å². The lowest BCUT2D eigenvalue weighted by Gasteiger charge is -2.06. The van der Waals surface area contributed by atoms with E-state index in [1.807, 2.05) is 18.2 Å². The summed E-state index contributed by atoms with van der Waals surface area (Å²) in [6.07, 6.45) is 0.894. The molecule has 5 nitrogen and oxygen atoms in total. The molecule has 0 radical (unpaired) electrons. The summed E-state index contributed by atoms with van der Waals surface area (Å²) < 4.78 is 2.14. The Balaban J connectivity index is 2.06. The molecule has 3 rings (SSSR count). The minimum atomic E-state index is 0.650. The van der Waals surface area contributed by atoms with Crippen molar-refractivity contribution in [1.29, 1.82) is 5.26 Å². The van der Waals surface area contributed by atoms with Crippen molar-refractivity contribution in [2.75, 3.05) is 13.1 Å². The van der Waals surface area contributed by atoms with Crippen molar-refractivity contribution in [3.8, 4) is 17.5 Å². The molecule has 2 aromatic rings. The van der Waals surface area contributed by atoms with Crippen LogP contribution in [0.5, 0.6) is 0 Å². The van der Waals surface area contributed by atoms with Gasteiger partial charge in [0.1, 0.15) is 5.82 Å². The van der Waals surface area contributed by atoms with E-state index in [2.05, 4.69) is 26.2 Å². The number of fused-ring (bicyclic) bond motifs is 1. The lowest BCUT2D eigenvalue weighted by atomic mass is 10.1. The van der Waals surface area contributed by atoms with Crippen LogP contribution >= 0.6 is 0 Å². The van der Waals surface area contributed by atoms with Crippen molar-refractivity contribution < 1.29 is 0 Å². The minimum Gasteiger partial charge on any atom is -0.315 e. The maximum Gasteiger partial charge on any atom is 0.164 e. The number of hydrogen-bond donors (Lipinski definition) is 1. The Kier molecular flexibility index (Phi) is 2.79. The third kappa shape index (κ3) is 1.87. The summed E-state index contributed by atoms with van der Waals surface area (Å²) in [6.45, 7) is 2.74. The fraction of sp³-hybridized carbons (Fsp3) is 0.308. The minimum absolute atomic E-state index is 0.650. The highest BCUT2D eigenvalue weighted by Gasteiger charge is 2.15. The van der Waals surface area contributed by atoms with Gasteiger partial charge in [0, 0.05) is 31.6 Å². The Morgan fingerprint density at radius 1 is 1.28 bits per heavy atom. The van der Waals surface area contributed by atoms with E-state index in [-0.39, 0.29) is 0 Å². The van der Waals surface area contributed by atoms with Crippen LogP contribution in [0.25, 0.3) is 11.4 Å². The van der Waals surface area contributed by atoms with E-state index in [0.29, 0.717) is 5.56 Å². The SMILES string of the molecule is N#Cc1cccc(-c2nnc3n2CCNCC3)c1. The number of benzene rings is 1. The molecule has 1 aliphatic rings. The van der Waals surface area contributed by atoms with Crippen molar-refractivity contribution in [2.45, 2.75) is 13.0 Å². The number of hydrogen-bond acceptors (Lipinski definition) is 4. The molecule has 1 aromatic heterocycles.